The van der Waals surface area contributed by atoms with E-state index in [9.17, 15) is 19.7 Å². The summed E-state index contributed by atoms with van der Waals surface area (Å²) in [4.78, 5) is 33.6. The van der Waals surface area contributed by atoms with Gasteiger partial charge in [-0.1, -0.05) is 19.3 Å². The third-order valence-corrected chi connectivity index (χ3v) is 3.46. The van der Waals surface area contributed by atoms with E-state index in [0.717, 1.165) is 42.9 Å². The number of aromatic nitrogens is 2. The number of hydrogen-bond acceptors (Lipinski definition) is 4. The van der Waals surface area contributed by atoms with E-state index in [1.54, 1.807) is 0 Å². The van der Waals surface area contributed by atoms with Crippen LogP contribution in [0.4, 0.5) is 5.69 Å². The van der Waals surface area contributed by atoms with Gasteiger partial charge in [-0.3, -0.25) is 24.0 Å². The summed E-state index contributed by atoms with van der Waals surface area (Å²) in [5, 5.41) is 10.8. The predicted octanol–water partition coefficient (Wildman–Crippen LogP) is 0.960. The Labute approximate surface area is 103 Å². The smallest absolute Gasteiger partial charge is 0.290 e. The van der Waals surface area contributed by atoms with E-state index in [0.29, 0.717) is 0 Å². The molecule has 0 amide bonds. The standard InChI is InChI=1S/C11H15N3O4/c1-12-10(15)9(14(17)18)7-13(11(12)16)8-5-3-2-4-6-8/h7-8H,2-6H2,1H3. The third-order valence-electron chi connectivity index (χ3n) is 3.46. The van der Waals surface area contributed by atoms with Gasteiger partial charge in [-0.15, -0.1) is 0 Å². The van der Waals surface area contributed by atoms with Crippen molar-refractivity contribution in [2.75, 3.05) is 0 Å². The monoisotopic (exact) mass is 253 g/mol. The zero-order valence-electron chi connectivity index (χ0n) is 10.2. The van der Waals surface area contributed by atoms with E-state index < -0.39 is 21.9 Å². The summed E-state index contributed by atoms with van der Waals surface area (Å²) in [5.74, 6) is 0. The van der Waals surface area contributed by atoms with Crippen LogP contribution in [-0.4, -0.2) is 14.1 Å². The number of nitrogens with zero attached hydrogens (tertiary/aromatic N) is 3. The number of hydrogen-bond donors (Lipinski definition) is 0. The Morgan fingerprint density at radius 3 is 2.44 bits per heavy atom. The van der Waals surface area contributed by atoms with Crippen LogP contribution < -0.4 is 11.2 Å². The first kappa shape index (κ1) is 12.5. The van der Waals surface area contributed by atoms with Crippen LogP contribution in [0.15, 0.2) is 15.8 Å². The van der Waals surface area contributed by atoms with Crippen LogP contribution in [0.2, 0.25) is 0 Å². The van der Waals surface area contributed by atoms with Gasteiger partial charge in [-0.2, -0.15) is 0 Å². The number of rotatable bonds is 2. The highest BCUT2D eigenvalue weighted by molar-refractivity contribution is 5.22. The Morgan fingerprint density at radius 1 is 1.28 bits per heavy atom. The second kappa shape index (κ2) is 4.75. The van der Waals surface area contributed by atoms with Crippen LogP contribution in [0.25, 0.3) is 0 Å². The molecule has 1 aliphatic carbocycles. The fourth-order valence-electron chi connectivity index (χ4n) is 2.42. The molecule has 0 N–H and O–H groups in total. The van der Waals surface area contributed by atoms with Crippen molar-refractivity contribution in [3.05, 3.63) is 37.1 Å². The summed E-state index contributed by atoms with van der Waals surface area (Å²) in [5.41, 5.74) is -1.86. The van der Waals surface area contributed by atoms with Gasteiger partial charge < -0.3 is 0 Å². The van der Waals surface area contributed by atoms with Crippen LogP contribution in [0.1, 0.15) is 38.1 Å². The topological polar surface area (TPSA) is 87.1 Å². The highest BCUT2D eigenvalue weighted by Crippen LogP contribution is 2.27. The minimum atomic E-state index is -0.850. The minimum absolute atomic E-state index is 0.0308. The van der Waals surface area contributed by atoms with Crippen molar-refractivity contribution in [2.24, 2.45) is 7.05 Å². The van der Waals surface area contributed by atoms with Crippen LogP contribution in [0, 0.1) is 10.1 Å². The molecule has 18 heavy (non-hydrogen) atoms. The molecule has 0 spiro atoms. The zero-order valence-corrected chi connectivity index (χ0v) is 10.2. The molecule has 1 saturated carbocycles. The van der Waals surface area contributed by atoms with Crippen molar-refractivity contribution in [1.29, 1.82) is 0 Å². The molecule has 2 rings (SSSR count). The lowest BCUT2D eigenvalue weighted by molar-refractivity contribution is -0.387. The van der Waals surface area contributed by atoms with E-state index >= 15 is 0 Å². The fourth-order valence-corrected chi connectivity index (χ4v) is 2.42. The Kier molecular flexibility index (Phi) is 3.31. The molecule has 0 unspecified atom stereocenters. The van der Waals surface area contributed by atoms with E-state index in [-0.39, 0.29) is 6.04 Å². The van der Waals surface area contributed by atoms with Crippen molar-refractivity contribution in [3.63, 3.8) is 0 Å². The quantitative estimate of drug-likeness (QED) is 0.580. The summed E-state index contributed by atoms with van der Waals surface area (Å²) in [6.45, 7) is 0. The van der Waals surface area contributed by atoms with Gasteiger partial charge in [-0.05, 0) is 12.8 Å². The zero-order chi connectivity index (χ0) is 13.3. The third kappa shape index (κ3) is 2.07. The molecule has 0 saturated heterocycles. The van der Waals surface area contributed by atoms with Crippen molar-refractivity contribution < 1.29 is 4.92 Å². The van der Waals surface area contributed by atoms with Gasteiger partial charge in [0, 0.05) is 13.1 Å². The Balaban J connectivity index is 2.56. The Morgan fingerprint density at radius 2 is 1.89 bits per heavy atom. The molecule has 1 aliphatic rings. The number of nitro groups is 1. The molecule has 0 atom stereocenters. The maximum Gasteiger partial charge on any atom is 0.350 e. The molecule has 0 bridgehead atoms. The van der Waals surface area contributed by atoms with E-state index in [2.05, 4.69) is 0 Å². The first-order chi connectivity index (χ1) is 8.52. The molecule has 1 aromatic rings. The van der Waals surface area contributed by atoms with E-state index in [1.165, 1.54) is 11.6 Å². The molecule has 0 aliphatic heterocycles. The largest absolute Gasteiger partial charge is 0.350 e. The summed E-state index contributed by atoms with van der Waals surface area (Å²) in [7, 11) is 1.27. The van der Waals surface area contributed by atoms with Crippen LogP contribution in [0.3, 0.4) is 0 Å². The molecule has 1 aromatic heterocycles. The lowest BCUT2D eigenvalue weighted by Gasteiger charge is -2.23. The van der Waals surface area contributed by atoms with E-state index in [1.807, 2.05) is 0 Å². The Bertz CT molecular complexity index is 581. The summed E-state index contributed by atoms with van der Waals surface area (Å²) in [6.07, 6.45) is 5.89. The summed E-state index contributed by atoms with van der Waals surface area (Å²) < 4.78 is 2.16. The summed E-state index contributed by atoms with van der Waals surface area (Å²) >= 11 is 0. The van der Waals surface area contributed by atoms with Crippen LogP contribution >= 0.6 is 0 Å². The SMILES string of the molecule is Cn1c(=O)c([N+](=O)[O-])cn(C2CCCCC2)c1=O. The van der Waals surface area contributed by atoms with Gasteiger partial charge >= 0.3 is 16.9 Å². The first-order valence-electron chi connectivity index (χ1n) is 5.99. The molecule has 7 nitrogen and oxygen atoms in total. The van der Waals surface area contributed by atoms with Gasteiger partial charge in [0.25, 0.3) is 0 Å². The van der Waals surface area contributed by atoms with Crippen molar-refractivity contribution in [3.8, 4) is 0 Å². The van der Waals surface area contributed by atoms with Gasteiger partial charge in [-0.25, -0.2) is 4.79 Å². The molecule has 98 valence electrons. The normalized spacial score (nSPS) is 16.7. The molecule has 7 heteroatoms. The van der Waals surface area contributed by atoms with Crippen LogP contribution in [-0.2, 0) is 7.05 Å². The summed E-state index contributed by atoms with van der Waals surface area (Å²) in [6, 6.07) is -0.0308. The fraction of sp³-hybridized carbons (Fsp3) is 0.636. The van der Waals surface area contributed by atoms with Gasteiger partial charge in [0.15, 0.2) is 0 Å². The van der Waals surface area contributed by atoms with Gasteiger partial charge in [0.05, 0.1) is 11.1 Å². The molecule has 1 heterocycles. The molecule has 1 fully saturated rings. The highest BCUT2D eigenvalue weighted by Gasteiger charge is 2.23. The van der Waals surface area contributed by atoms with Crippen molar-refractivity contribution in [2.45, 2.75) is 38.1 Å². The Hall–Kier alpha value is -1.92. The maximum atomic E-state index is 12.0. The average Bonchev–Trinajstić information content (AvgIpc) is 2.37. The second-order valence-electron chi connectivity index (χ2n) is 4.62. The van der Waals surface area contributed by atoms with Crippen LogP contribution in [0.5, 0.6) is 0 Å². The average molecular weight is 253 g/mol. The van der Waals surface area contributed by atoms with Gasteiger partial charge in [0.1, 0.15) is 0 Å². The van der Waals surface area contributed by atoms with Gasteiger partial charge in [0.2, 0.25) is 0 Å². The lowest BCUT2D eigenvalue weighted by Crippen LogP contribution is -2.40. The lowest BCUT2D eigenvalue weighted by atomic mass is 9.95. The highest BCUT2D eigenvalue weighted by atomic mass is 16.6. The molecular weight excluding hydrogens is 238 g/mol. The molecular formula is C11H15N3O4. The first-order valence-corrected chi connectivity index (χ1v) is 5.99. The van der Waals surface area contributed by atoms with Crippen molar-refractivity contribution in [1.82, 2.24) is 9.13 Å². The van der Waals surface area contributed by atoms with Crippen molar-refractivity contribution >= 4 is 5.69 Å². The molecule has 0 radical (unpaired) electrons. The minimum Gasteiger partial charge on any atom is -0.290 e. The maximum absolute atomic E-state index is 12.0. The predicted molar refractivity (Wildman–Crippen MR) is 64.7 cm³/mol. The molecule has 0 aromatic carbocycles. The van der Waals surface area contributed by atoms with E-state index in [4.69, 9.17) is 0 Å². The second-order valence-corrected chi connectivity index (χ2v) is 4.62.